The lowest BCUT2D eigenvalue weighted by atomic mass is 10.2. The molecule has 19 heavy (non-hydrogen) atoms. The summed E-state index contributed by atoms with van der Waals surface area (Å²) in [4.78, 5) is 18.8. The maximum absolute atomic E-state index is 11.9. The Morgan fingerprint density at radius 1 is 1.37 bits per heavy atom. The van der Waals surface area contributed by atoms with Gasteiger partial charge in [0.25, 0.3) is 5.56 Å². The van der Waals surface area contributed by atoms with Crippen molar-refractivity contribution in [3.05, 3.63) is 46.6 Å². The van der Waals surface area contributed by atoms with Gasteiger partial charge in [0.05, 0.1) is 23.6 Å². The van der Waals surface area contributed by atoms with Crippen LogP contribution in [0.4, 0.5) is 11.6 Å². The third-order valence-electron chi connectivity index (χ3n) is 2.65. The van der Waals surface area contributed by atoms with Crippen LogP contribution in [0.25, 0.3) is 10.9 Å². The largest absolute Gasteiger partial charge is 0.399 e. The van der Waals surface area contributed by atoms with E-state index in [1.807, 2.05) is 0 Å². The van der Waals surface area contributed by atoms with Crippen LogP contribution in [0.3, 0.4) is 0 Å². The Bertz CT molecular complexity index is 763. The monoisotopic (exact) mass is 257 g/mol. The zero-order valence-electron chi connectivity index (χ0n) is 9.88. The summed E-state index contributed by atoms with van der Waals surface area (Å²) in [5, 5.41) is 7.02. The standard InChI is InChI=1S/C12H11N5O2/c13-7-1-2-10-9(5-7)11(18)17-12(16-10)14-6-8-3-4-15-19-8/h1-5H,6,13H2,(H2,14,16,17,18). The number of hydrogen-bond acceptors (Lipinski definition) is 6. The number of nitrogens with two attached hydrogens (primary N) is 1. The molecule has 96 valence electrons. The van der Waals surface area contributed by atoms with Crippen LogP contribution in [-0.2, 0) is 6.54 Å². The van der Waals surface area contributed by atoms with Gasteiger partial charge in [0, 0.05) is 11.8 Å². The summed E-state index contributed by atoms with van der Waals surface area (Å²) in [6, 6.07) is 6.74. The predicted molar refractivity (Wildman–Crippen MR) is 70.6 cm³/mol. The molecule has 3 aromatic rings. The maximum Gasteiger partial charge on any atom is 0.260 e. The summed E-state index contributed by atoms with van der Waals surface area (Å²) >= 11 is 0. The number of hydrogen-bond donors (Lipinski definition) is 3. The van der Waals surface area contributed by atoms with Crippen molar-refractivity contribution in [1.82, 2.24) is 15.1 Å². The fourth-order valence-electron chi connectivity index (χ4n) is 1.74. The number of nitrogen functional groups attached to an aromatic ring is 1. The summed E-state index contributed by atoms with van der Waals surface area (Å²) in [6.45, 7) is 0.392. The van der Waals surface area contributed by atoms with Gasteiger partial charge in [0.2, 0.25) is 5.95 Å². The number of rotatable bonds is 3. The van der Waals surface area contributed by atoms with Crippen LogP contribution in [0, 0.1) is 0 Å². The molecule has 7 heteroatoms. The minimum absolute atomic E-state index is 0.239. The molecule has 0 amide bonds. The molecule has 0 spiro atoms. The first-order valence-electron chi connectivity index (χ1n) is 5.65. The molecule has 0 saturated carbocycles. The summed E-state index contributed by atoms with van der Waals surface area (Å²) in [5.74, 6) is 1.03. The van der Waals surface area contributed by atoms with E-state index in [0.717, 1.165) is 0 Å². The van der Waals surface area contributed by atoms with Crippen molar-refractivity contribution < 1.29 is 4.52 Å². The SMILES string of the molecule is Nc1ccc2nc(NCc3ccno3)[nH]c(=O)c2c1. The average molecular weight is 257 g/mol. The number of nitrogens with zero attached hydrogens (tertiary/aromatic N) is 2. The van der Waals surface area contributed by atoms with Crippen LogP contribution in [0.1, 0.15) is 5.76 Å². The fraction of sp³-hybridized carbons (Fsp3) is 0.0833. The van der Waals surface area contributed by atoms with Gasteiger partial charge in [-0.25, -0.2) is 4.98 Å². The first kappa shape index (κ1) is 11.3. The Balaban J connectivity index is 1.93. The second-order valence-electron chi connectivity index (χ2n) is 4.02. The highest BCUT2D eigenvalue weighted by Crippen LogP contribution is 2.13. The Labute approximate surface area is 107 Å². The molecule has 0 radical (unpaired) electrons. The fourth-order valence-corrected chi connectivity index (χ4v) is 1.74. The second kappa shape index (κ2) is 4.45. The van der Waals surface area contributed by atoms with Gasteiger partial charge < -0.3 is 15.6 Å². The topological polar surface area (TPSA) is 110 Å². The van der Waals surface area contributed by atoms with Crippen LogP contribution >= 0.6 is 0 Å². The van der Waals surface area contributed by atoms with Gasteiger partial charge in [-0.3, -0.25) is 9.78 Å². The molecule has 1 aromatic carbocycles. The summed E-state index contributed by atoms with van der Waals surface area (Å²) < 4.78 is 4.94. The van der Waals surface area contributed by atoms with Gasteiger partial charge >= 0.3 is 0 Å². The van der Waals surface area contributed by atoms with Crippen LogP contribution < -0.4 is 16.6 Å². The Kier molecular flexibility index (Phi) is 2.64. The van der Waals surface area contributed by atoms with Gasteiger partial charge in [-0.05, 0) is 18.2 Å². The molecule has 3 rings (SSSR count). The summed E-state index contributed by atoms with van der Waals surface area (Å²) in [7, 11) is 0. The quantitative estimate of drug-likeness (QED) is 0.606. The van der Waals surface area contributed by atoms with E-state index in [1.54, 1.807) is 30.5 Å². The van der Waals surface area contributed by atoms with Crippen LogP contribution in [-0.4, -0.2) is 15.1 Å². The molecule has 4 N–H and O–H groups in total. The molecule has 0 unspecified atom stereocenters. The van der Waals surface area contributed by atoms with E-state index in [1.165, 1.54) is 0 Å². The van der Waals surface area contributed by atoms with Crippen molar-refractivity contribution in [2.75, 3.05) is 11.1 Å². The van der Waals surface area contributed by atoms with Gasteiger partial charge in [-0.2, -0.15) is 0 Å². The molecule has 7 nitrogen and oxygen atoms in total. The van der Waals surface area contributed by atoms with Crippen molar-refractivity contribution in [3.8, 4) is 0 Å². The number of benzene rings is 1. The van der Waals surface area contributed by atoms with Gasteiger partial charge in [-0.15, -0.1) is 0 Å². The molecular formula is C12H11N5O2. The van der Waals surface area contributed by atoms with Crippen LogP contribution in [0.5, 0.6) is 0 Å². The number of fused-ring (bicyclic) bond motifs is 1. The molecule has 2 aromatic heterocycles. The van der Waals surface area contributed by atoms with Crippen molar-refractivity contribution in [1.29, 1.82) is 0 Å². The average Bonchev–Trinajstić information content (AvgIpc) is 2.90. The van der Waals surface area contributed by atoms with E-state index in [-0.39, 0.29) is 5.56 Å². The highest BCUT2D eigenvalue weighted by molar-refractivity contribution is 5.81. The molecule has 0 aliphatic carbocycles. The van der Waals surface area contributed by atoms with Crippen molar-refractivity contribution in [2.24, 2.45) is 0 Å². The number of aromatic amines is 1. The lowest BCUT2D eigenvalue weighted by Crippen LogP contribution is -2.13. The number of H-pyrrole nitrogens is 1. The van der Waals surface area contributed by atoms with E-state index in [0.29, 0.717) is 34.8 Å². The molecule has 0 bridgehead atoms. The highest BCUT2D eigenvalue weighted by Gasteiger charge is 2.05. The molecule has 0 saturated heterocycles. The minimum Gasteiger partial charge on any atom is -0.399 e. The maximum atomic E-state index is 11.9. The van der Waals surface area contributed by atoms with E-state index >= 15 is 0 Å². The van der Waals surface area contributed by atoms with Crippen LogP contribution in [0.15, 0.2) is 39.8 Å². The van der Waals surface area contributed by atoms with Gasteiger partial charge in [0.1, 0.15) is 0 Å². The number of nitrogens with one attached hydrogen (secondary N) is 2. The minimum atomic E-state index is -0.239. The molecule has 0 aliphatic heterocycles. The van der Waals surface area contributed by atoms with Gasteiger partial charge in [0.15, 0.2) is 5.76 Å². The molecular weight excluding hydrogens is 246 g/mol. The van der Waals surface area contributed by atoms with Crippen molar-refractivity contribution >= 4 is 22.5 Å². The summed E-state index contributed by atoms with van der Waals surface area (Å²) in [5.41, 5.74) is 6.51. The lowest BCUT2D eigenvalue weighted by Gasteiger charge is -2.04. The first-order valence-corrected chi connectivity index (χ1v) is 5.65. The molecule has 0 fully saturated rings. The van der Waals surface area contributed by atoms with Crippen LogP contribution in [0.2, 0.25) is 0 Å². The third-order valence-corrected chi connectivity index (χ3v) is 2.65. The normalized spacial score (nSPS) is 10.7. The van der Waals surface area contributed by atoms with E-state index in [4.69, 9.17) is 10.3 Å². The van der Waals surface area contributed by atoms with Gasteiger partial charge in [-0.1, -0.05) is 5.16 Å². The molecule has 0 aliphatic rings. The predicted octanol–water partition coefficient (Wildman–Crippen LogP) is 1.11. The van der Waals surface area contributed by atoms with Crippen molar-refractivity contribution in [2.45, 2.75) is 6.54 Å². The van der Waals surface area contributed by atoms with E-state index < -0.39 is 0 Å². The number of aromatic nitrogens is 3. The second-order valence-corrected chi connectivity index (χ2v) is 4.02. The highest BCUT2D eigenvalue weighted by atomic mass is 16.5. The summed E-state index contributed by atoms with van der Waals surface area (Å²) in [6.07, 6.45) is 1.55. The zero-order valence-corrected chi connectivity index (χ0v) is 9.88. The molecule has 2 heterocycles. The third kappa shape index (κ3) is 2.25. The number of anilines is 2. The van der Waals surface area contributed by atoms with E-state index in [2.05, 4.69) is 20.4 Å². The van der Waals surface area contributed by atoms with Crippen molar-refractivity contribution in [3.63, 3.8) is 0 Å². The first-order chi connectivity index (χ1) is 9.22. The zero-order chi connectivity index (χ0) is 13.2. The smallest absolute Gasteiger partial charge is 0.260 e. The lowest BCUT2D eigenvalue weighted by molar-refractivity contribution is 0.388. The Hall–Kier alpha value is -2.83. The Morgan fingerprint density at radius 3 is 3.05 bits per heavy atom. The molecule has 0 atom stereocenters. The Morgan fingerprint density at radius 2 is 2.26 bits per heavy atom. The van der Waals surface area contributed by atoms with E-state index in [9.17, 15) is 4.79 Å².